The second kappa shape index (κ2) is 6.83. The fourth-order valence-corrected chi connectivity index (χ4v) is 2.48. The molecule has 0 spiro atoms. The predicted octanol–water partition coefficient (Wildman–Crippen LogP) is 3.54. The van der Waals surface area contributed by atoms with Crippen LogP contribution >= 0.6 is 15.9 Å². The molecule has 3 nitrogen and oxygen atoms in total. The van der Waals surface area contributed by atoms with Crippen LogP contribution in [0.15, 0.2) is 46.9 Å². The highest BCUT2D eigenvalue weighted by Gasteiger charge is 2.21. The van der Waals surface area contributed by atoms with Gasteiger partial charge in [0, 0.05) is 11.1 Å². The third-order valence-corrected chi connectivity index (χ3v) is 3.60. The number of benzene rings is 2. The van der Waals surface area contributed by atoms with Gasteiger partial charge in [-0.15, -0.1) is 0 Å². The molecule has 5 heteroatoms. The van der Waals surface area contributed by atoms with Crippen LogP contribution in [-0.2, 0) is 0 Å². The van der Waals surface area contributed by atoms with E-state index in [2.05, 4.69) is 21.4 Å². The summed E-state index contributed by atoms with van der Waals surface area (Å²) in [4.78, 5) is 0. The summed E-state index contributed by atoms with van der Waals surface area (Å²) in [6, 6.07) is 12.1. The van der Waals surface area contributed by atoms with Crippen molar-refractivity contribution < 1.29 is 9.13 Å². The quantitative estimate of drug-likeness (QED) is 0.647. The largest absolute Gasteiger partial charge is 0.494 e. The topological polar surface area (TPSA) is 47.3 Å². The molecule has 0 fully saturated rings. The van der Waals surface area contributed by atoms with Crippen LogP contribution in [0.2, 0.25) is 0 Å². The molecule has 1 unspecified atom stereocenters. The number of halogens is 2. The van der Waals surface area contributed by atoms with Crippen molar-refractivity contribution in [1.29, 1.82) is 0 Å². The van der Waals surface area contributed by atoms with Gasteiger partial charge in [-0.25, -0.2) is 9.82 Å². The fourth-order valence-electron chi connectivity index (χ4n) is 2.10. The van der Waals surface area contributed by atoms with Crippen molar-refractivity contribution in [3.8, 4) is 5.75 Å². The Kier molecular flexibility index (Phi) is 5.11. The Morgan fingerprint density at radius 2 is 1.90 bits per heavy atom. The summed E-state index contributed by atoms with van der Waals surface area (Å²) in [5.74, 6) is 5.99. The van der Waals surface area contributed by atoms with Crippen LogP contribution in [0.25, 0.3) is 0 Å². The average Bonchev–Trinajstić information content (AvgIpc) is 2.46. The summed E-state index contributed by atoms with van der Waals surface area (Å²) in [7, 11) is 0. The molecular weight excluding hydrogens is 323 g/mol. The molecular formula is C15H16BrFN2O. The minimum atomic E-state index is -0.477. The molecule has 2 rings (SSSR count). The summed E-state index contributed by atoms with van der Waals surface area (Å²) >= 11 is 3.19. The Bertz CT molecular complexity index is 592. The van der Waals surface area contributed by atoms with Gasteiger partial charge in [0.2, 0.25) is 0 Å². The maximum Gasteiger partial charge on any atom is 0.142 e. The van der Waals surface area contributed by atoms with Crippen molar-refractivity contribution in [2.75, 3.05) is 6.61 Å². The highest BCUT2D eigenvalue weighted by Crippen LogP contribution is 2.32. The Morgan fingerprint density at radius 1 is 1.20 bits per heavy atom. The van der Waals surface area contributed by atoms with Crippen LogP contribution in [0.1, 0.15) is 24.1 Å². The lowest BCUT2D eigenvalue weighted by Crippen LogP contribution is -2.30. The van der Waals surface area contributed by atoms with Gasteiger partial charge in [0.15, 0.2) is 0 Å². The van der Waals surface area contributed by atoms with E-state index in [1.807, 2.05) is 31.2 Å². The Hall–Kier alpha value is -1.43. The lowest BCUT2D eigenvalue weighted by atomic mass is 9.98. The maximum atomic E-state index is 14.3. The van der Waals surface area contributed by atoms with Gasteiger partial charge in [-0.05, 0) is 35.0 Å². The van der Waals surface area contributed by atoms with E-state index in [4.69, 9.17) is 10.6 Å². The zero-order valence-electron chi connectivity index (χ0n) is 11.1. The number of nitrogens with one attached hydrogen (secondary N) is 1. The fraction of sp³-hybridized carbons (Fsp3) is 0.200. The van der Waals surface area contributed by atoms with Crippen LogP contribution in [0.4, 0.5) is 4.39 Å². The normalized spacial score (nSPS) is 12.2. The van der Waals surface area contributed by atoms with Crippen LogP contribution in [0, 0.1) is 5.82 Å². The first-order chi connectivity index (χ1) is 9.69. The summed E-state index contributed by atoms with van der Waals surface area (Å²) in [5, 5.41) is 0. The van der Waals surface area contributed by atoms with Gasteiger partial charge >= 0.3 is 0 Å². The minimum Gasteiger partial charge on any atom is -0.494 e. The lowest BCUT2D eigenvalue weighted by Gasteiger charge is -2.21. The number of rotatable bonds is 5. The Labute approximate surface area is 126 Å². The van der Waals surface area contributed by atoms with Gasteiger partial charge in [-0.1, -0.05) is 30.3 Å². The number of nitrogens with two attached hydrogens (primary N) is 1. The first-order valence-electron chi connectivity index (χ1n) is 6.30. The number of para-hydroxylation sites is 1. The van der Waals surface area contributed by atoms with Gasteiger partial charge in [0.1, 0.15) is 11.6 Å². The van der Waals surface area contributed by atoms with Crippen molar-refractivity contribution in [2.45, 2.75) is 13.0 Å². The first-order valence-corrected chi connectivity index (χ1v) is 7.10. The van der Waals surface area contributed by atoms with E-state index < -0.39 is 6.04 Å². The zero-order valence-corrected chi connectivity index (χ0v) is 12.7. The number of hydrogen-bond acceptors (Lipinski definition) is 3. The van der Waals surface area contributed by atoms with Crippen molar-refractivity contribution in [3.63, 3.8) is 0 Å². The molecule has 0 radical (unpaired) electrons. The number of hydrazine groups is 1. The lowest BCUT2D eigenvalue weighted by molar-refractivity contribution is 0.333. The number of hydrogen-bond donors (Lipinski definition) is 2. The van der Waals surface area contributed by atoms with Gasteiger partial charge in [-0.3, -0.25) is 5.84 Å². The molecule has 3 N–H and O–H groups in total. The average molecular weight is 339 g/mol. The molecule has 0 amide bonds. The van der Waals surface area contributed by atoms with Gasteiger partial charge in [0.25, 0.3) is 0 Å². The molecule has 0 aromatic heterocycles. The molecule has 20 heavy (non-hydrogen) atoms. The molecule has 0 aliphatic rings. The molecule has 106 valence electrons. The van der Waals surface area contributed by atoms with Gasteiger partial charge < -0.3 is 4.74 Å². The van der Waals surface area contributed by atoms with Crippen LogP contribution in [-0.4, -0.2) is 6.61 Å². The zero-order chi connectivity index (χ0) is 14.5. The minimum absolute atomic E-state index is 0.332. The van der Waals surface area contributed by atoms with E-state index in [0.29, 0.717) is 22.4 Å². The van der Waals surface area contributed by atoms with E-state index >= 15 is 0 Å². The summed E-state index contributed by atoms with van der Waals surface area (Å²) in [6.45, 7) is 2.44. The van der Waals surface area contributed by atoms with Gasteiger partial charge in [0.05, 0.1) is 17.1 Å². The Balaban J connectivity index is 2.50. The van der Waals surface area contributed by atoms with Crippen molar-refractivity contribution in [1.82, 2.24) is 5.43 Å². The molecule has 1 atom stereocenters. The highest BCUT2D eigenvalue weighted by molar-refractivity contribution is 9.10. The molecule has 0 bridgehead atoms. The van der Waals surface area contributed by atoms with Crippen molar-refractivity contribution >= 4 is 15.9 Å². The van der Waals surface area contributed by atoms with E-state index in [9.17, 15) is 4.39 Å². The SMILES string of the molecule is CCOc1ccccc1C(NN)c1cccc(Br)c1F. The predicted molar refractivity (Wildman–Crippen MR) is 80.9 cm³/mol. The summed E-state index contributed by atoms with van der Waals surface area (Å²) in [6.07, 6.45) is 0. The summed E-state index contributed by atoms with van der Waals surface area (Å²) < 4.78 is 20.2. The molecule has 0 aliphatic heterocycles. The summed E-state index contributed by atoms with van der Waals surface area (Å²) in [5.41, 5.74) is 3.93. The molecule has 2 aromatic rings. The van der Waals surface area contributed by atoms with Crippen LogP contribution in [0.5, 0.6) is 5.75 Å². The van der Waals surface area contributed by atoms with E-state index in [-0.39, 0.29) is 5.82 Å². The molecule has 0 saturated carbocycles. The monoisotopic (exact) mass is 338 g/mol. The van der Waals surface area contributed by atoms with Crippen LogP contribution in [0.3, 0.4) is 0 Å². The van der Waals surface area contributed by atoms with Crippen molar-refractivity contribution in [2.24, 2.45) is 5.84 Å². The third kappa shape index (κ3) is 3.00. The standard InChI is InChI=1S/C15H16BrFN2O/c1-2-20-13-9-4-3-6-10(13)15(19-18)11-7-5-8-12(16)14(11)17/h3-9,15,19H,2,18H2,1H3. The highest BCUT2D eigenvalue weighted by atomic mass is 79.9. The van der Waals surface area contributed by atoms with Gasteiger partial charge in [-0.2, -0.15) is 0 Å². The van der Waals surface area contributed by atoms with Crippen LogP contribution < -0.4 is 16.0 Å². The molecule has 0 saturated heterocycles. The molecule has 0 aliphatic carbocycles. The molecule has 0 heterocycles. The second-order valence-electron chi connectivity index (χ2n) is 4.21. The van der Waals surface area contributed by atoms with E-state index in [0.717, 1.165) is 5.56 Å². The maximum absolute atomic E-state index is 14.3. The molecule has 2 aromatic carbocycles. The Morgan fingerprint density at radius 3 is 2.60 bits per heavy atom. The van der Waals surface area contributed by atoms with Crippen molar-refractivity contribution in [3.05, 3.63) is 63.9 Å². The second-order valence-corrected chi connectivity index (χ2v) is 5.07. The number of ether oxygens (including phenoxy) is 1. The third-order valence-electron chi connectivity index (χ3n) is 2.99. The van der Waals surface area contributed by atoms with E-state index in [1.54, 1.807) is 18.2 Å². The van der Waals surface area contributed by atoms with E-state index in [1.165, 1.54) is 0 Å². The smallest absolute Gasteiger partial charge is 0.142 e. The first kappa shape index (κ1) is 15.0.